The summed E-state index contributed by atoms with van der Waals surface area (Å²) in [7, 11) is 1.62. The zero-order valence-corrected chi connectivity index (χ0v) is 8.94. The smallest absolute Gasteiger partial charge is 0.155 e. The van der Waals surface area contributed by atoms with Crippen molar-refractivity contribution in [2.45, 2.75) is 6.54 Å². The van der Waals surface area contributed by atoms with Gasteiger partial charge in [0.05, 0.1) is 26.0 Å². The van der Waals surface area contributed by atoms with E-state index < -0.39 is 0 Å². The van der Waals surface area contributed by atoms with Gasteiger partial charge in [0.25, 0.3) is 0 Å². The Morgan fingerprint density at radius 2 is 2.00 bits per heavy atom. The summed E-state index contributed by atoms with van der Waals surface area (Å²) in [5.74, 6) is 1.57. The number of nitrogens with one attached hydrogen (secondary N) is 1. The summed E-state index contributed by atoms with van der Waals surface area (Å²) in [4.78, 5) is 10.8. The van der Waals surface area contributed by atoms with Crippen molar-refractivity contribution in [3.63, 3.8) is 0 Å². The van der Waals surface area contributed by atoms with E-state index in [2.05, 4.69) is 20.2 Å². The van der Waals surface area contributed by atoms with E-state index in [1.165, 1.54) is 0 Å². The quantitative estimate of drug-likeness (QED) is 0.751. The van der Waals surface area contributed by atoms with Crippen LogP contribution in [0.2, 0.25) is 0 Å². The summed E-state index contributed by atoms with van der Waals surface area (Å²) < 4.78 is 5.01. The molecule has 0 amide bonds. The molecule has 1 aliphatic rings. The molecule has 0 aliphatic carbocycles. The van der Waals surface area contributed by atoms with Crippen molar-refractivity contribution in [1.29, 1.82) is 0 Å². The van der Waals surface area contributed by atoms with Gasteiger partial charge >= 0.3 is 0 Å². The summed E-state index contributed by atoms with van der Waals surface area (Å²) in [5, 5.41) is 3.32. The van der Waals surface area contributed by atoms with Gasteiger partial charge in [-0.25, -0.2) is 9.97 Å². The van der Waals surface area contributed by atoms with Gasteiger partial charge in [-0.15, -0.1) is 0 Å². The number of methoxy groups -OCH3 is 1. The summed E-state index contributed by atoms with van der Waals surface area (Å²) in [6, 6.07) is 0. The predicted molar refractivity (Wildman–Crippen MR) is 56.7 cm³/mol. The Morgan fingerprint density at radius 3 is 2.60 bits per heavy atom. The van der Waals surface area contributed by atoms with Crippen LogP contribution >= 0.6 is 0 Å². The lowest BCUT2D eigenvalue weighted by molar-refractivity contribution is 0.227. The zero-order valence-electron chi connectivity index (χ0n) is 8.94. The van der Waals surface area contributed by atoms with Gasteiger partial charge in [0.2, 0.25) is 0 Å². The van der Waals surface area contributed by atoms with Gasteiger partial charge in [-0.1, -0.05) is 0 Å². The normalized spacial score (nSPS) is 17.7. The number of piperazine rings is 1. The maximum absolute atomic E-state index is 5.01. The molecular formula is C10H16N4O. The SMILES string of the molecule is COc1cnc(CN2CCNCC2)nc1. The molecule has 0 spiro atoms. The first-order chi connectivity index (χ1) is 7.38. The Bertz CT molecular complexity index is 295. The molecule has 1 aromatic rings. The Kier molecular flexibility index (Phi) is 3.47. The van der Waals surface area contributed by atoms with E-state index in [1.807, 2.05) is 0 Å². The van der Waals surface area contributed by atoms with E-state index in [0.717, 1.165) is 38.5 Å². The van der Waals surface area contributed by atoms with Gasteiger partial charge in [0, 0.05) is 26.2 Å². The molecule has 0 atom stereocenters. The van der Waals surface area contributed by atoms with E-state index >= 15 is 0 Å². The Labute approximate surface area is 89.5 Å². The predicted octanol–water partition coefficient (Wildman–Crippen LogP) is -0.110. The molecule has 1 aromatic heterocycles. The van der Waals surface area contributed by atoms with Gasteiger partial charge in [0.1, 0.15) is 5.82 Å². The second-order valence-corrected chi connectivity index (χ2v) is 3.57. The first kappa shape index (κ1) is 10.3. The fourth-order valence-electron chi connectivity index (χ4n) is 1.60. The second-order valence-electron chi connectivity index (χ2n) is 3.57. The average molecular weight is 208 g/mol. The molecule has 1 fully saturated rings. The Hall–Kier alpha value is -1.20. The minimum Gasteiger partial charge on any atom is -0.494 e. The summed E-state index contributed by atoms with van der Waals surface area (Å²) >= 11 is 0. The van der Waals surface area contributed by atoms with Crippen molar-refractivity contribution in [1.82, 2.24) is 20.2 Å². The molecular weight excluding hydrogens is 192 g/mol. The lowest BCUT2D eigenvalue weighted by atomic mass is 10.3. The number of hydrogen-bond donors (Lipinski definition) is 1. The minimum absolute atomic E-state index is 0.707. The highest BCUT2D eigenvalue weighted by Crippen LogP contribution is 2.06. The van der Waals surface area contributed by atoms with Crippen LogP contribution in [0.25, 0.3) is 0 Å². The fraction of sp³-hybridized carbons (Fsp3) is 0.600. The van der Waals surface area contributed by atoms with E-state index in [9.17, 15) is 0 Å². The maximum atomic E-state index is 5.01. The van der Waals surface area contributed by atoms with E-state index in [-0.39, 0.29) is 0 Å². The van der Waals surface area contributed by atoms with Gasteiger partial charge < -0.3 is 10.1 Å². The third kappa shape index (κ3) is 2.87. The van der Waals surface area contributed by atoms with Crippen molar-refractivity contribution >= 4 is 0 Å². The van der Waals surface area contributed by atoms with Crippen LogP contribution in [0, 0.1) is 0 Å². The van der Waals surface area contributed by atoms with Crippen molar-refractivity contribution < 1.29 is 4.74 Å². The summed E-state index contributed by atoms with van der Waals surface area (Å²) in [5.41, 5.74) is 0. The van der Waals surface area contributed by atoms with Crippen molar-refractivity contribution in [2.24, 2.45) is 0 Å². The van der Waals surface area contributed by atoms with Crippen molar-refractivity contribution in [2.75, 3.05) is 33.3 Å². The molecule has 0 saturated carbocycles. The highest BCUT2D eigenvalue weighted by Gasteiger charge is 2.10. The third-order valence-electron chi connectivity index (χ3n) is 2.49. The van der Waals surface area contributed by atoms with E-state index in [4.69, 9.17) is 4.74 Å². The second kappa shape index (κ2) is 5.04. The van der Waals surface area contributed by atoms with Crippen LogP contribution in [0.15, 0.2) is 12.4 Å². The number of rotatable bonds is 3. The molecule has 2 rings (SSSR count). The zero-order chi connectivity index (χ0) is 10.5. The lowest BCUT2D eigenvalue weighted by Crippen LogP contribution is -2.43. The molecule has 2 heterocycles. The Morgan fingerprint density at radius 1 is 1.33 bits per heavy atom. The van der Waals surface area contributed by atoms with Crippen molar-refractivity contribution in [3.8, 4) is 5.75 Å². The van der Waals surface area contributed by atoms with Gasteiger partial charge in [0.15, 0.2) is 5.75 Å². The fourth-order valence-corrected chi connectivity index (χ4v) is 1.60. The van der Waals surface area contributed by atoms with Gasteiger partial charge in [-0.05, 0) is 0 Å². The molecule has 0 unspecified atom stereocenters. The van der Waals surface area contributed by atoms with Crippen LogP contribution in [0.3, 0.4) is 0 Å². The molecule has 1 saturated heterocycles. The average Bonchev–Trinajstić information content (AvgIpc) is 2.31. The first-order valence-corrected chi connectivity index (χ1v) is 5.16. The van der Waals surface area contributed by atoms with Crippen molar-refractivity contribution in [3.05, 3.63) is 18.2 Å². The standard InChI is InChI=1S/C10H16N4O/c1-15-9-6-12-10(13-7-9)8-14-4-2-11-3-5-14/h6-7,11H,2-5,8H2,1H3. The first-order valence-electron chi connectivity index (χ1n) is 5.16. The Balaban J connectivity index is 1.91. The van der Waals surface area contributed by atoms with Crippen LogP contribution in [-0.2, 0) is 6.54 Å². The molecule has 1 N–H and O–H groups in total. The molecule has 0 radical (unpaired) electrons. The molecule has 82 valence electrons. The molecule has 15 heavy (non-hydrogen) atoms. The monoisotopic (exact) mass is 208 g/mol. The molecule has 0 bridgehead atoms. The number of ether oxygens (including phenoxy) is 1. The van der Waals surface area contributed by atoms with Crippen LogP contribution in [0.5, 0.6) is 5.75 Å². The number of hydrogen-bond acceptors (Lipinski definition) is 5. The van der Waals surface area contributed by atoms with Crippen LogP contribution in [0.4, 0.5) is 0 Å². The van der Waals surface area contributed by atoms with Gasteiger partial charge in [-0.3, -0.25) is 4.90 Å². The molecule has 5 nitrogen and oxygen atoms in total. The molecule has 0 aromatic carbocycles. The van der Waals surface area contributed by atoms with Gasteiger partial charge in [-0.2, -0.15) is 0 Å². The molecule has 1 aliphatic heterocycles. The number of aromatic nitrogens is 2. The molecule has 5 heteroatoms. The van der Waals surface area contributed by atoms with E-state index in [0.29, 0.717) is 5.75 Å². The van der Waals surface area contributed by atoms with Crippen LogP contribution < -0.4 is 10.1 Å². The highest BCUT2D eigenvalue weighted by molar-refractivity contribution is 5.11. The van der Waals surface area contributed by atoms with Crippen LogP contribution in [0.1, 0.15) is 5.82 Å². The van der Waals surface area contributed by atoms with Crippen LogP contribution in [-0.4, -0.2) is 48.2 Å². The van der Waals surface area contributed by atoms with E-state index in [1.54, 1.807) is 19.5 Å². The topological polar surface area (TPSA) is 50.3 Å². The largest absolute Gasteiger partial charge is 0.494 e. The number of nitrogens with zero attached hydrogens (tertiary/aromatic N) is 3. The summed E-state index contributed by atoms with van der Waals surface area (Å²) in [6.07, 6.45) is 3.43. The third-order valence-corrected chi connectivity index (χ3v) is 2.49. The maximum Gasteiger partial charge on any atom is 0.155 e. The minimum atomic E-state index is 0.707. The highest BCUT2D eigenvalue weighted by atomic mass is 16.5. The lowest BCUT2D eigenvalue weighted by Gasteiger charge is -2.26. The summed E-state index contributed by atoms with van der Waals surface area (Å²) in [6.45, 7) is 5.06.